The molecule has 128 valence electrons. The summed E-state index contributed by atoms with van der Waals surface area (Å²) in [7, 11) is 0. The van der Waals surface area contributed by atoms with Gasteiger partial charge >= 0.3 is 0 Å². The van der Waals surface area contributed by atoms with Gasteiger partial charge in [0, 0.05) is 30.2 Å². The third-order valence-electron chi connectivity index (χ3n) is 3.44. The van der Waals surface area contributed by atoms with Crippen molar-refractivity contribution in [2.45, 2.75) is 6.42 Å². The number of hydrogen-bond acceptors (Lipinski definition) is 5. The van der Waals surface area contributed by atoms with E-state index in [0.717, 1.165) is 11.3 Å². The monoisotopic (exact) mass is 355 g/mol. The van der Waals surface area contributed by atoms with Gasteiger partial charge in [-0.25, -0.2) is 4.98 Å². The first-order valence-electron chi connectivity index (χ1n) is 7.81. The van der Waals surface area contributed by atoms with Gasteiger partial charge in [0.05, 0.1) is 5.69 Å². The number of H-pyrrole nitrogens is 1. The van der Waals surface area contributed by atoms with Crippen LogP contribution in [-0.4, -0.2) is 40.1 Å². The van der Waals surface area contributed by atoms with Crippen molar-refractivity contribution >= 4 is 23.2 Å². The molecular formula is C17H17N5O2S. The van der Waals surface area contributed by atoms with Crippen LogP contribution in [0, 0.1) is 0 Å². The van der Waals surface area contributed by atoms with Crippen LogP contribution in [0.1, 0.15) is 26.7 Å². The molecule has 3 rings (SSSR count). The van der Waals surface area contributed by atoms with Crippen molar-refractivity contribution in [3.05, 3.63) is 58.7 Å². The predicted molar refractivity (Wildman–Crippen MR) is 95.4 cm³/mol. The van der Waals surface area contributed by atoms with Crippen LogP contribution in [-0.2, 0) is 0 Å². The molecule has 1 aromatic carbocycles. The first-order chi connectivity index (χ1) is 12.2. The Balaban J connectivity index is 1.41. The largest absolute Gasteiger partial charge is 0.351 e. The van der Waals surface area contributed by atoms with E-state index in [2.05, 4.69) is 25.8 Å². The standard InChI is InChI=1S/C17H17N5O2S/c23-15(14-11-13(21-22-14)12-5-2-1-3-6-12)18-7-4-8-19-16(24)17-20-9-10-25-17/h1-3,5-6,9-11H,4,7-8H2,(H,18,23)(H,19,24)(H,21,22). The van der Waals surface area contributed by atoms with Crippen molar-refractivity contribution in [1.82, 2.24) is 25.8 Å². The highest BCUT2D eigenvalue weighted by atomic mass is 32.1. The zero-order chi connectivity index (χ0) is 17.5. The second kappa shape index (κ2) is 8.20. The molecule has 3 N–H and O–H groups in total. The van der Waals surface area contributed by atoms with E-state index in [-0.39, 0.29) is 11.8 Å². The fourth-order valence-electron chi connectivity index (χ4n) is 2.19. The zero-order valence-electron chi connectivity index (χ0n) is 13.4. The molecule has 8 heteroatoms. The number of nitrogens with one attached hydrogen (secondary N) is 3. The first kappa shape index (κ1) is 16.8. The number of hydrogen-bond donors (Lipinski definition) is 3. The van der Waals surface area contributed by atoms with Gasteiger partial charge in [-0.15, -0.1) is 11.3 Å². The molecule has 0 aliphatic carbocycles. The quantitative estimate of drug-likeness (QED) is 0.565. The van der Waals surface area contributed by atoms with Crippen LogP contribution in [0.5, 0.6) is 0 Å². The smallest absolute Gasteiger partial charge is 0.280 e. The highest BCUT2D eigenvalue weighted by Crippen LogP contribution is 2.16. The van der Waals surface area contributed by atoms with Gasteiger partial charge in [0.1, 0.15) is 5.69 Å². The van der Waals surface area contributed by atoms with E-state index in [4.69, 9.17) is 0 Å². The Hall–Kier alpha value is -3.00. The van der Waals surface area contributed by atoms with Crippen LogP contribution in [0.25, 0.3) is 11.3 Å². The summed E-state index contributed by atoms with van der Waals surface area (Å²) >= 11 is 1.29. The maximum Gasteiger partial charge on any atom is 0.280 e. The van der Waals surface area contributed by atoms with E-state index < -0.39 is 0 Å². The normalized spacial score (nSPS) is 10.4. The molecule has 0 spiro atoms. The van der Waals surface area contributed by atoms with Gasteiger partial charge in [-0.1, -0.05) is 30.3 Å². The molecule has 2 amide bonds. The van der Waals surface area contributed by atoms with E-state index in [1.54, 1.807) is 17.6 Å². The maximum absolute atomic E-state index is 12.1. The second-order valence-corrected chi connectivity index (χ2v) is 6.13. The lowest BCUT2D eigenvalue weighted by Gasteiger charge is -2.04. The molecule has 0 radical (unpaired) electrons. The van der Waals surface area contributed by atoms with Crippen molar-refractivity contribution < 1.29 is 9.59 Å². The number of aromatic nitrogens is 3. The van der Waals surface area contributed by atoms with E-state index >= 15 is 0 Å². The summed E-state index contributed by atoms with van der Waals surface area (Å²) in [4.78, 5) is 27.7. The SMILES string of the molecule is O=C(NCCCNC(=O)c1nccs1)c1cc(-c2ccccc2)n[nH]1. The third kappa shape index (κ3) is 4.51. The van der Waals surface area contributed by atoms with Crippen LogP contribution < -0.4 is 10.6 Å². The van der Waals surface area contributed by atoms with Gasteiger partial charge in [0.15, 0.2) is 5.01 Å². The molecule has 7 nitrogen and oxygen atoms in total. The second-order valence-electron chi connectivity index (χ2n) is 5.24. The van der Waals surface area contributed by atoms with Crippen molar-refractivity contribution in [2.24, 2.45) is 0 Å². The van der Waals surface area contributed by atoms with Crippen LogP contribution in [0.15, 0.2) is 48.0 Å². The fourth-order valence-corrected chi connectivity index (χ4v) is 2.75. The summed E-state index contributed by atoms with van der Waals surface area (Å²) in [6.45, 7) is 0.924. The number of benzene rings is 1. The molecule has 2 heterocycles. The summed E-state index contributed by atoms with van der Waals surface area (Å²) in [5, 5.41) is 14.7. The number of aromatic amines is 1. The Morgan fingerprint density at radius 3 is 2.56 bits per heavy atom. The molecule has 0 saturated heterocycles. The van der Waals surface area contributed by atoms with E-state index in [1.165, 1.54) is 11.3 Å². The lowest BCUT2D eigenvalue weighted by molar-refractivity contribution is 0.0948. The van der Waals surface area contributed by atoms with E-state index in [1.807, 2.05) is 30.3 Å². The Kier molecular flexibility index (Phi) is 5.53. The van der Waals surface area contributed by atoms with Crippen molar-refractivity contribution in [3.63, 3.8) is 0 Å². The fraction of sp³-hybridized carbons (Fsp3) is 0.176. The zero-order valence-corrected chi connectivity index (χ0v) is 14.2. The molecule has 0 saturated carbocycles. The van der Waals surface area contributed by atoms with Gasteiger partial charge in [-0.3, -0.25) is 14.7 Å². The average molecular weight is 355 g/mol. The number of thiazole rings is 1. The highest BCUT2D eigenvalue weighted by Gasteiger charge is 2.11. The summed E-state index contributed by atoms with van der Waals surface area (Å²) in [6.07, 6.45) is 2.22. The van der Waals surface area contributed by atoms with Crippen molar-refractivity contribution in [1.29, 1.82) is 0 Å². The number of rotatable bonds is 7. The molecular weight excluding hydrogens is 338 g/mol. The molecule has 3 aromatic rings. The van der Waals surface area contributed by atoms with Crippen LogP contribution in [0.4, 0.5) is 0 Å². The molecule has 0 unspecified atom stereocenters. The Labute approximate surface area is 148 Å². The molecule has 0 aliphatic rings. The molecule has 0 atom stereocenters. The summed E-state index contributed by atoms with van der Waals surface area (Å²) in [5.74, 6) is -0.414. The third-order valence-corrected chi connectivity index (χ3v) is 4.22. The Morgan fingerprint density at radius 2 is 1.84 bits per heavy atom. The average Bonchev–Trinajstić information content (AvgIpc) is 3.34. The Morgan fingerprint density at radius 1 is 1.08 bits per heavy atom. The molecule has 0 bridgehead atoms. The number of carbonyl (C=O) groups excluding carboxylic acids is 2. The van der Waals surface area contributed by atoms with Crippen molar-refractivity contribution in [3.8, 4) is 11.3 Å². The molecule has 0 fully saturated rings. The maximum atomic E-state index is 12.1. The number of amides is 2. The van der Waals surface area contributed by atoms with Gasteiger partial charge in [0.2, 0.25) is 0 Å². The minimum absolute atomic E-state index is 0.192. The van der Waals surface area contributed by atoms with Crippen LogP contribution in [0.2, 0.25) is 0 Å². The topological polar surface area (TPSA) is 99.8 Å². The van der Waals surface area contributed by atoms with Crippen LogP contribution >= 0.6 is 11.3 Å². The predicted octanol–water partition coefficient (Wildman–Crippen LogP) is 2.08. The van der Waals surface area contributed by atoms with E-state index in [9.17, 15) is 9.59 Å². The minimum atomic E-state index is -0.221. The van der Waals surface area contributed by atoms with Crippen molar-refractivity contribution in [2.75, 3.05) is 13.1 Å². The lowest BCUT2D eigenvalue weighted by atomic mass is 10.1. The van der Waals surface area contributed by atoms with Gasteiger partial charge in [-0.05, 0) is 12.5 Å². The van der Waals surface area contributed by atoms with E-state index in [0.29, 0.717) is 30.2 Å². The highest BCUT2D eigenvalue weighted by molar-refractivity contribution is 7.11. The number of nitrogens with zero attached hydrogens (tertiary/aromatic N) is 2. The van der Waals surface area contributed by atoms with Crippen LogP contribution in [0.3, 0.4) is 0 Å². The van der Waals surface area contributed by atoms with Gasteiger partial charge < -0.3 is 10.6 Å². The first-order valence-corrected chi connectivity index (χ1v) is 8.69. The Bertz CT molecular complexity index is 830. The lowest BCUT2D eigenvalue weighted by Crippen LogP contribution is -2.30. The number of carbonyl (C=O) groups is 2. The minimum Gasteiger partial charge on any atom is -0.351 e. The molecule has 2 aromatic heterocycles. The summed E-state index contributed by atoms with van der Waals surface area (Å²) < 4.78 is 0. The van der Waals surface area contributed by atoms with Gasteiger partial charge in [-0.2, -0.15) is 5.10 Å². The molecule has 0 aliphatic heterocycles. The van der Waals surface area contributed by atoms with Gasteiger partial charge in [0.25, 0.3) is 11.8 Å². The summed E-state index contributed by atoms with van der Waals surface area (Å²) in [5.41, 5.74) is 2.08. The molecule has 25 heavy (non-hydrogen) atoms. The summed E-state index contributed by atoms with van der Waals surface area (Å²) in [6, 6.07) is 11.4.